The monoisotopic (exact) mass is 678 g/mol. The zero-order chi connectivity index (χ0) is 28.4. The predicted octanol–water partition coefficient (Wildman–Crippen LogP) is -0.848. The summed E-state index contributed by atoms with van der Waals surface area (Å²) in [5.74, 6) is 0. The minimum Gasteiger partial charge on any atom is -0.432 e. The van der Waals surface area contributed by atoms with Crippen LogP contribution in [0.15, 0.2) is 48.8 Å². The van der Waals surface area contributed by atoms with Gasteiger partial charge in [0.1, 0.15) is 0 Å². The first-order valence-corrected chi connectivity index (χ1v) is 18.0. The Kier molecular flexibility index (Phi) is 7.89. The van der Waals surface area contributed by atoms with Crippen molar-refractivity contribution in [1.29, 1.82) is 0 Å². The lowest BCUT2D eigenvalue weighted by molar-refractivity contribution is 0.344. The van der Waals surface area contributed by atoms with Gasteiger partial charge in [-0.2, -0.15) is 50.5 Å². The second kappa shape index (κ2) is 9.18. The fourth-order valence-corrected chi connectivity index (χ4v) is 11.5. The predicted molar refractivity (Wildman–Crippen MR) is 108 cm³/mol. The van der Waals surface area contributed by atoms with Crippen LogP contribution in [0.4, 0.5) is 0 Å². The van der Waals surface area contributed by atoms with E-state index in [0.717, 1.165) is 0 Å². The fraction of sp³-hybridized carbons (Fsp3) is 0. The summed E-state index contributed by atoms with van der Waals surface area (Å²) < 4.78 is 202. The highest BCUT2D eigenvalue weighted by atomic mass is 33.1. The van der Waals surface area contributed by atoms with E-state index in [1.54, 1.807) is 0 Å². The molecule has 0 aromatic carbocycles. The first-order valence-electron chi connectivity index (χ1n) is 7.21. The molecule has 2 rings (SSSR count). The standard InChI is InChI=1S/C8H6O20S8/c9-31(10,11)1-3(33(15,16)17)7(35(21,22)23)27-5(1)29-30-6-2(32(12,13)14)4(34(18,19)20)8(28-6)36(24,25)26/h(H,9,10,11)(H,12,13,14)(H,15,16,17)(H,18,19,20)(H,21,22,23)(H,24,25,26). The number of rotatable bonds is 9. The van der Waals surface area contributed by atoms with Crippen LogP contribution in [0.3, 0.4) is 0 Å². The Morgan fingerprint density at radius 1 is 0.389 bits per heavy atom. The topological polar surface area (TPSA) is 352 Å². The van der Waals surface area contributed by atoms with E-state index in [2.05, 4.69) is 8.83 Å². The Balaban J connectivity index is 2.94. The number of hydrogen-bond donors (Lipinski definition) is 6. The van der Waals surface area contributed by atoms with Crippen LogP contribution in [-0.2, 0) is 60.7 Å². The molecule has 0 bridgehead atoms. The number of hydrogen-bond acceptors (Lipinski definition) is 16. The largest absolute Gasteiger partial charge is 0.432 e. The summed E-state index contributed by atoms with van der Waals surface area (Å²) in [6.45, 7) is 0. The van der Waals surface area contributed by atoms with Gasteiger partial charge < -0.3 is 8.83 Å². The van der Waals surface area contributed by atoms with Crippen molar-refractivity contribution >= 4 is 82.3 Å². The van der Waals surface area contributed by atoms with Crippen LogP contribution in [0.5, 0.6) is 0 Å². The highest BCUT2D eigenvalue weighted by molar-refractivity contribution is 8.76. The van der Waals surface area contributed by atoms with Crippen LogP contribution in [0.1, 0.15) is 0 Å². The Hall–Kier alpha value is -1.28. The van der Waals surface area contributed by atoms with Crippen LogP contribution in [-0.4, -0.2) is 77.8 Å². The van der Waals surface area contributed by atoms with Crippen LogP contribution < -0.4 is 0 Å². The molecular weight excluding hydrogens is 673 g/mol. The molecule has 0 aliphatic carbocycles. The van der Waals surface area contributed by atoms with Crippen LogP contribution >= 0.6 is 21.6 Å². The molecule has 36 heavy (non-hydrogen) atoms. The van der Waals surface area contributed by atoms with Gasteiger partial charge in [-0.1, -0.05) is 0 Å². The quantitative estimate of drug-likeness (QED) is 0.139. The molecule has 2 heterocycles. The average Bonchev–Trinajstić information content (AvgIpc) is 3.17. The summed E-state index contributed by atoms with van der Waals surface area (Å²) in [5.41, 5.74) is 0. The summed E-state index contributed by atoms with van der Waals surface area (Å²) in [7, 11) is -36.3. The molecule has 0 unspecified atom stereocenters. The summed E-state index contributed by atoms with van der Waals surface area (Å²) in [4.78, 5) is -8.61. The molecule has 0 aliphatic rings. The van der Waals surface area contributed by atoms with Gasteiger partial charge in [-0.15, -0.1) is 0 Å². The Morgan fingerprint density at radius 3 is 0.778 bits per heavy atom. The van der Waals surface area contributed by atoms with Gasteiger partial charge in [0.25, 0.3) is 30.4 Å². The van der Waals surface area contributed by atoms with Gasteiger partial charge in [-0.05, 0) is 21.6 Å². The molecule has 206 valence electrons. The van der Waals surface area contributed by atoms with Gasteiger partial charge in [-0.3, -0.25) is 27.3 Å². The SMILES string of the molecule is O=S(=O)(O)c1oc(SSc2oc(S(=O)(=O)O)c(S(=O)(=O)O)c2S(=O)(=O)O)c(S(=O)(=O)O)c1S(=O)(=O)O. The zero-order valence-electron chi connectivity index (χ0n) is 15.7. The molecule has 6 N–H and O–H groups in total. The molecule has 20 nitrogen and oxygen atoms in total. The smallest absolute Gasteiger partial charge is 0.329 e. The second-order valence-corrected chi connectivity index (χ2v) is 15.8. The van der Waals surface area contributed by atoms with Crippen molar-refractivity contribution in [2.45, 2.75) is 40.0 Å². The summed E-state index contributed by atoms with van der Waals surface area (Å²) in [6, 6.07) is 0. The van der Waals surface area contributed by atoms with E-state index in [1.165, 1.54) is 0 Å². The molecule has 28 heteroatoms. The molecule has 2 aromatic heterocycles. The van der Waals surface area contributed by atoms with Crippen molar-refractivity contribution in [2.75, 3.05) is 0 Å². The minimum absolute atomic E-state index is 0.495. The summed E-state index contributed by atoms with van der Waals surface area (Å²) in [5, 5.41) is -7.59. The van der Waals surface area contributed by atoms with Gasteiger partial charge in [-0.25, -0.2) is 0 Å². The third-order valence-electron chi connectivity index (χ3n) is 3.22. The molecular formula is C8H6O20S8. The molecule has 2 aromatic rings. The van der Waals surface area contributed by atoms with Gasteiger partial charge in [0.2, 0.25) is 0 Å². The molecule has 0 amide bonds. The first kappa shape index (κ1) is 30.9. The highest BCUT2D eigenvalue weighted by Crippen LogP contribution is 2.49. The molecule has 0 spiro atoms. The lowest BCUT2D eigenvalue weighted by atomic mass is 10.6. The van der Waals surface area contributed by atoms with Gasteiger partial charge in [0, 0.05) is 0 Å². The van der Waals surface area contributed by atoms with Crippen molar-refractivity contribution in [2.24, 2.45) is 0 Å². The normalized spacial score (nSPS) is 14.3. The molecule has 0 radical (unpaired) electrons. The van der Waals surface area contributed by atoms with Crippen molar-refractivity contribution < 1.29 is 86.7 Å². The van der Waals surface area contributed by atoms with E-state index in [4.69, 9.17) is 9.11 Å². The average molecular weight is 679 g/mol. The third-order valence-corrected chi connectivity index (χ3v) is 11.2. The van der Waals surface area contributed by atoms with E-state index in [9.17, 15) is 68.7 Å². The molecule has 0 atom stereocenters. The third kappa shape index (κ3) is 6.40. The zero-order valence-corrected chi connectivity index (χ0v) is 22.2. The van der Waals surface area contributed by atoms with E-state index < -0.39 is 122 Å². The molecule has 0 saturated carbocycles. The number of furan rings is 2. The minimum atomic E-state index is -5.94. The molecule has 0 fully saturated rings. The van der Waals surface area contributed by atoms with Gasteiger partial charge >= 0.3 is 40.5 Å². The van der Waals surface area contributed by atoms with E-state index in [1.807, 2.05) is 0 Å². The van der Waals surface area contributed by atoms with E-state index >= 15 is 0 Å². The Bertz CT molecular complexity index is 1750. The van der Waals surface area contributed by atoms with Crippen LogP contribution in [0, 0.1) is 0 Å². The van der Waals surface area contributed by atoms with Gasteiger partial charge in [0.05, 0.1) is 0 Å². The van der Waals surface area contributed by atoms with Crippen molar-refractivity contribution in [3.8, 4) is 0 Å². The maximum Gasteiger partial charge on any atom is 0.329 e. The first-order chi connectivity index (χ1) is 15.7. The lowest BCUT2D eigenvalue weighted by Crippen LogP contribution is -2.10. The van der Waals surface area contributed by atoms with Crippen molar-refractivity contribution in [3.63, 3.8) is 0 Å². The van der Waals surface area contributed by atoms with Crippen LogP contribution in [0.2, 0.25) is 0 Å². The van der Waals surface area contributed by atoms with Crippen molar-refractivity contribution in [3.05, 3.63) is 0 Å². The van der Waals surface area contributed by atoms with E-state index in [-0.39, 0.29) is 0 Å². The summed E-state index contributed by atoms with van der Waals surface area (Å²) in [6.07, 6.45) is 0. The highest BCUT2D eigenvalue weighted by Gasteiger charge is 2.43. The Labute approximate surface area is 207 Å². The maximum absolute atomic E-state index is 11.7. The molecule has 0 saturated heterocycles. The summed E-state index contributed by atoms with van der Waals surface area (Å²) >= 11 is 0. The Morgan fingerprint density at radius 2 is 0.611 bits per heavy atom. The van der Waals surface area contributed by atoms with Crippen molar-refractivity contribution in [1.82, 2.24) is 0 Å². The van der Waals surface area contributed by atoms with Gasteiger partial charge in [0.15, 0.2) is 29.8 Å². The lowest BCUT2D eigenvalue weighted by Gasteiger charge is -2.01. The second-order valence-electron chi connectivity index (χ2n) is 5.69. The maximum atomic E-state index is 11.7. The van der Waals surface area contributed by atoms with E-state index in [0.29, 0.717) is 0 Å². The van der Waals surface area contributed by atoms with Crippen LogP contribution in [0.25, 0.3) is 0 Å². The molecule has 0 aliphatic heterocycles. The fourth-order valence-electron chi connectivity index (χ4n) is 2.14.